The lowest BCUT2D eigenvalue weighted by atomic mass is 9.64. The summed E-state index contributed by atoms with van der Waals surface area (Å²) in [5.41, 5.74) is 6.52. The van der Waals surface area contributed by atoms with Crippen molar-refractivity contribution in [2.45, 2.75) is 40.5 Å². The molecule has 14 heavy (non-hydrogen) atoms. The minimum absolute atomic E-state index is 0.175. The van der Waals surface area contributed by atoms with Crippen LogP contribution >= 0.6 is 0 Å². The third-order valence-corrected chi connectivity index (χ3v) is 3.24. The lowest BCUT2D eigenvalue weighted by Crippen LogP contribution is -2.42. The van der Waals surface area contributed by atoms with E-state index in [2.05, 4.69) is 19.9 Å². The van der Waals surface area contributed by atoms with Crippen molar-refractivity contribution in [3.05, 3.63) is 11.6 Å². The number of carbonyl (C=O) groups excluding carboxylic acids is 1. The maximum absolute atomic E-state index is 11.2. The van der Waals surface area contributed by atoms with Crippen LogP contribution in [0.5, 0.6) is 0 Å². The fourth-order valence-electron chi connectivity index (χ4n) is 1.89. The Bertz CT molecular complexity index is 255. The number of carbonyl (C=O) groups is 1. The summed E-state index contributed by atoms with van der Waals surface area (Å²) in [5, 5.41) is 0. The SMILES string of the molecule is CC(C)C=C1CC(C(C)(C)C(N)=O)C1. The molecule has 1 saturated carbocycles. The van der Waals surface area contributed by atoms with Crippen LogP contribution in [0.2, 0.25) is 0 Å². The van der Waals surface area contributed by atoms with Gasteiger partial charge in [0.25, 0.3) is 0 Å². The second-order valence-electron chi connectivity index (χ2n) is 5.26. The highest BCUT2D eigenvalue weighted by Crippen LogP contribution is 2.45. The Morgan fingerprint density at radius 2 is 2.00 bits per heavy atom. The number of allylic oxidation sites excluding steroid dienone is 2. The van der Waals surface area contributed by atoms with Crippen molar-refractivity contribution in [2.24, 2.45) is 23.0 Å². The molecule has 0 aromatic heterocycles. The van der Waals surface area contributed by atoms with Gasteiger partial charge in [-0.15, -0.1) is 0 Å². The van der Waals surface area contributed by atoms with Gasteiger partial charge in [-0.3, -0.25) is 4.79 Å². The van der Waals surface area contributed by atoms with Gasteiger partial charge in [-0.25, -0.2) is 0 Å². The summed E-state index contributed by atoms with van der Waals surface area (Å²) in [5.74, 6) is 0.888. The highest BCUT2D eigenvalue weighted by molar-refractivity contribution is 5.80. The molecule has 1 aliphatic carbocycles. The number of primary amides is 1. The normalized spacial score (nSPS) is 22.1. The van der Waals surface area contributed by atoms with E-state index in [1.807, 2.05) is 13.8 Å². The monoisotopic (exact) mass is 195 g/mol. The second kappa shape index (κ2) is 3.76. The van der Waals surface area contributed by atoms with Crippen LogP contribution in [0.1, 0.15) is 40.5 Å². The minimum Gasteiger partial charge on any atom is -0.369 e. The molecule has 0 aliphatic heterocycles. The average molecular weight is 195 g/mol. The van der Waals surface area contributed by atoms with E-state index in [-0.39, 0.29) is 11.3 Å². The molecule has 2 nitrogen and oxygen atoms in total. The van der Waals surface area contributed by atoms with Crippen LogP contribution in [0.25, 0.3) is 0 Å². The van der Waals surface area contributed by atoms with Crippen LogP contribution in [0.3, 0.4) is 0 Å². The van der Waals surface area contributed by atoms with Gasteiger partial charge in [0.1, 0.15) is 0 Å². The van der Waals surface area contributed by atoms with Gasteiger partial charge < -0.3 is 5.73 Å². The van der Waals surface area contributed by atoms with Gasteiger partial charge in [-0.05, 0) is 24.7 Å². The van der Waals surface area contributed by atoms with Gasteiger partial charge in [0.05, 0.1) is 0 Å². The van der Waals surface area contributed by atoms with Crippen LogP contribution in [-0.4, -0.2) is 5.91 Å². The summed E-state index contributed by atoms with van der Waals surface area (Å²) < 4.78 is 0. The fraction of sp³-hybridized carbons (Fsp3) is 0.750. The molecule has 0 bridgehead atoms. The highest BCUT2D eigenvalue weighted by atomic mass is 16.1. The van der Waals surface area contributed by atoms with E-state index in [4.69, 9.17) is 5.73 Å². The van der Waals surface area contributed by atoms with Gasteiger partial charge in [0, 0.05) is 5.41 Å². The van der Waals surface area contributed by atoms with Gasteiger partial charge in [-0.2, -0.15) is 0 Å². The van der Waals surface area contributed by atoms with E-state index in [9.17, 15) is 4.79 Å². The van der Waals surface area contributed by atoms with Crippen molar-refractivity contribution in [3.8, 4) is 0 Å². The average Bonchev–Trinajstić information content (AvgIpc) is 1.94. The Hall–Kier alpha value is -0.790. The maximum Gasteiger partial charge on any atom is 0.223 e. The molecule has 1 fully saturated rings. The summed E-state index contributed by atoms with van der Waals surface area (Å²) >= 11 is 0. The number of hydrogen-bond donors (Lipinski definition) is 1. The van der Waals surface area contributed by atoms with E-state index in [1.54, 1.807) is 0 Å². The second-order valence-corrected chi connectivity index (χ2v) is 5.26. The van der Waals surface area contributed by atoms with Gasteiger partial charge in [0.15, 0.2) is 0 Å². The van der Waals surface area contributed by atoms with Crippen LogP contribution in [-0.2, 0) is 4.79 Å². The van der Waals surface area contributed by atoms with Crippen molar-refractivity contribution < 1.29 is 4.79 Å². The summed E-state index contributed by atoms with van der Waals surface area (Å²) in [7, 11) is 0. The van der Waals surface area contributed by atoms with E-state index in [1.165, 1.54) is 5.57 Å². The lowest BCUT2D eigenvalue weighted by Gasteiger charge is -2.40. The Labute approximate surface area is 86.6 Å². The van der Waals surface area contributed by atoms with Crippen LogP contribution < -0.4 is 5.73 Å². The van der Waals surface area contributed by atoms with E-state index < -0.39 is 0 Å². The first-order chi connectivity index (χ1) is 6.34. The first-order valence-corrected chi connectivity index (χ1v) is 5.33. The van der Waals surface area contributed by atoms with Crippen LogP contribution in [0.4, 0.5) is 0 Å². The molecule has 2 N–H and O–H groups in total. The molecule has 1 amide bonds. The Kier molecular flexibility index (Phi) is 3.03. The Morgan fingerprint density at radius 1 is 1.50 bits per heavy atom. The molecule has 0 atom stereocenters. The molecule has 1 aliphatic rings. The highest BCUT2D eigenvalue weighted by Gasteiger charge is 2.40. The first kappa shape index (κ1) is 11.3. The molecule has 0 aromatic carbocycles. The molecule has 2 heteroatoms. The largest absolute Gasteiger partial charge is 0.369 e. The smallest absolute Gasteiger partial charge is 0.223 e. The quantitative estimate of drug-likeness (QED) is 0.691. The van der Waals surface area contributed by atoms with Gasteiger partial charge in [0.2, 0.25) is 5.91 Å². The molecule has 0 saturated heterocycles. The number of hydrogen-bond acceptors (Lipinski definition) is 1. The molecule has 0 heterocycles. The maximum atomic E-state index is 11.2. The molecule has 1 rings (SSSR count). The Balaban J connectivity index is 2.53. The van der Waals surface area contributed by atoms with Crippen molar-refractivity contribution in [1.29, 1.82) is 0 Å². The standard InChI is InChI=1S/C12H21NO/c1-8(2)5-9-6-10(7-9)12(3,4)11(13)14/h5,8,10H,6-7H2,1-4H3,(H2,13,14). The lowest BCUT2D eigenvalue weighted by molar-refractivity contribution is -0.129. The van der Waals surface area contributed by atoms with Crippen LogP contribution in [0.15, 0.2) is 11.6 Å². The van der Waals surface area contributed by atoms with Crippen LogP contribution in [0, 0.1) is 17.3 Å². The predicted molar refractivity (Wildman–Crippen MR) is 58.6 cm³/mol. The molecule has 80 valence electrons. The third kappa shape index (κ3) is 2.17. The van der Waals surface area contributed by atoms with Gasteiger partial charge in [-0.1, -0.05) is 39.3 Å². The van der Waals surface area contributed by atoms with E-state index in [0.717, 1.165) is 12.8 Å². The summed E-state index contributed by atoms with van der Waals surface area (Å²) in [4.78, 5) is 11.2. The van der Waals surface area contributed by atoms with E-state index >= 15 is 0 Å². The number of nitrogens with two attached hydrogens (primary N) is 1. The number of rotatable bonds is 3. The van der Waals surface area contributed by atoms with E-state index in [0.29, 0.717) is 11.8 Å². The van der Waals surface area contributed by atoms with Gasteiger partial charge >= 0.3 is 0 Å². The Morgan fingerprint density at radius 3 is 2.36 bits per heavy atom. The summed E-state index contributed by atoms with van der Waals surface area (Å²) in [6, 6.07) is 0. The minimum atomic E-state index is -0.339. The zero-order chi connectivity index (χ0) is 10.9. The molecule has 0 unspecified atom stereocenters. The zero-order valence-corrected chi connectivity index (χ0v) is 9.63. The summed E-state index contributed by atoms with van der Waals surface area (Å²) in [6.07, 6.45) is 4.40. The first-order valence-electron chi connectivity index (χ1n) is 5.33. The van der Waals surface area contributed by atoms with Crippen molar-refractivity contribution in [3.63, 3.8) is 0 Å². The summed E-state index contributed by atoms with van der Waals surface area (Å²) in [6.45, 7) is 8.26. The fourth-order valence-corrected chi connectivity index (χ4v) is 1.89. The number of amides is 1. The molecular weight excluding hydrogens is 174 g/mol. The zero-order valence-electron chi connectivity index (χ0n) is 9.63. The molecular formula is C12H21NO. The molecule has 0 radical (unpaired) electrons. The van der Waals surface area contributed by atoms with Crippen molar-refractivity contribution in [1.82, 2.24) is 0 Å². The molecule has 0 spiro atoms. The topological polar surface area (TPSA) is 43.1 Å². The van der Waals surface area contributed by atoms with Crippen molar-refractivity contribution in [2.75, 3.05) is 0 Å². The molecule has 0 aromatic rings. The van der Waals surface area contributed by atoms with Crippen molar-refractivity contribution >= 4 is 5.91 Å². The predicted octanol–water partition coefficient (Wildman–Crippen LogP) is 2.49. The third-order valence-electron chi connectivity index (χ3n) is 3.24.